The molecule has 8 heteroatoms. The quantitative estimate of drug-likeness (QED) is 0.850. The standard InChI is InChI=1S/C13H18ClN7/c1-19(2)10-4-3-6-20(8-10)12-16-11(14)17-13(18-12)21-7-5-15-9-21/h5,7,9-10H,3-4,6,8H2,1-2H3. The van der Waals surface area contributed by atoms with E-state index in [1.807, 2.05) is 0 Å². The summed E-state index contributed by atoms with van der Waals surface area (Å²) in [4.78, 5) is 21.4. The van der Waals surface area contributed by atoms with Gasteiger partial charge in [-0.1, -0.05) is 0 Å². The van der Waals surface area contributed by atoms with Crippen LogP contribution in [0.3, 0.4) is 0 Å². The van der Waals surface area contributed by atoms with Gasteiger partial charge in [0, 0.05) is 31.5 Å². The number of likely N-dealkylation sites (N-methyl/N-ethyl adjacent to an activating group) is 1. The van der Waals surface area contributed by atoms with Gasteiger partial charge in [-0.3, -0.25) is 4.57 Å². The molecule has 0 amide bonds. The molecule has 3 rings (SSSR count). The zero-order valence-electron chi connectivity index (χ0n) is 12.1. The Bertz CT molecular complexity index is 599. The van der Waals surface area contributed by atoms with Crippen LogP contribution in [0.2, 0.25) is 5.28 Å². The molecule has 1 aliphatic rings. The van der Waals surface area contributed by atoms with Crippen molar-refractivity contribution in [3.63, 3.8) is 0 Å². The summed E-state index contributed by atoms with van der Waals surface area (Å²) in [6.45, 7) is 1.84. The highest BCUT2D eigenvalue weighted by Crippen LogP contribution is 2.20. The van der Waals surface area contributed by atoms with E-state index in [4.69, 9.17) is 11.6 Å². The van der Waals surface area contributed by atoms with Crippen molar-refractivity contribution in [3.05, 3.63) is 24.0 Å². The van der Waals surface area contributed by atoms with Crippen molar-refractivity contribution in [2.24, 2.45) is 0 Å². The summed E-state index contributed by atoms with van der Waals surface area (Å²) in [6, 6.07) is 0.506. The second-order valence-corrected chi connectivity index (χ2v) is 5.72. The molecule has 0 saturated carbocycles. The molecule has 1 saturated heterocycles. The van der Waals surface area contributed by atoms with Gasteiger partial charge in [-0.15, -0.1) is 0 Å². The van der Waals surface area contributed by atoms with Crippen molar-refractivity contribution in [2.75, 3.05) is 32.1 Å². The van der Waals surface area contributed by atoms with Crippen molar-refractivity contribution >= 4 is 17.5 Å². The van der Waals surface area contributed by atoms with Crippen molar-refractivity contribution in [2.45, 2.75) is 18.9 Å². The van der Waals surface area contributed by atoms with Crippen LogP contribution in [0.15, 0.2) is 18.7 Å². The number of hydrogen-bond donors (Lipinski definition) is 0. The van der Waals surface area contributed by atoms with E-state index in [0.717, 1.165) is 19.5 Å². The SMILES string of the molecule is CN(C)C1CCCN(c2nc(Cl)nc(-n3ccnc3)n2)C1. The van der Waals surface area contributed by atoms with Gasteiger partial charge in [0.1, 0.15) is 6.33 Å². The van der Waals surface area contributed by atoms with E-state index in [1.54, 1.807) is 23.3 Å². The maximum atomic E-state index is 6.05. The predicted octanol–water partition coefficient (Wildman–Crippen LogP) is 1.24. The second kappa shape index (κ2) is 5.95. The summed E-state index contributed by atoms with van der Waals surface area (Å²) in [5.41, 5.74) is 0. The summed E-state index contributed by atoms with van der Waals surface area (Å²) < 4.78 is 1.73. The van der Waals surface area contributed by atoms with Gasteiger partial charge >= 0.3 is 0 Å². The number of hydrogen-bond acceptors (Lipinski definition) is 6. The predicted molar refractivity (Wildman–Crippen MR) is 80.9 cm³/mol. The van der Waals surface area contributed by atoms with Crippen molar-refractivity contribution in [3.8, 4) is 5.95 Å². The molecule has 0 N–H and O–H groups in total. The summed E-state index contributed by atoms with van der Waals surface area (Å²) >= 11 is 6.05. The van der Waals surface area contributed by atoms with Gasteiger partial charge in [0.2, 0.25) is 17.2 Å². The van der Waals surface area contributed by atoms with Crippen LogP contribution in [0.25, 0.3) is 5.95 Å². The fourth-order valence-corrected chi connectivity index (χ4v) is 2.67. The minimum Gasteiger partial charge on any atom is -0.339 e. The highest BCUT2D eigenvalue weighted by Gasteiger charge is 2.24. The van der Waals surface area contributed by atoms with E-state index in [2.05, 4.69) is 43.8 Å². The minimum atomic E-state index is 0.204. The lowest BCUT2D eigenvalue weighted by Gasteiger charge is -2.36. The van der Waals surface area contributed by atoms with E-state index in [-0.39, 0.29) is 5.28 Å². The molecule has 3 heterocycles. The van der Waals surface area contributed by atoms with E-state index in [9.17, 15) is 0 Å². The van der Waals surface area contributed by atoms with Crippen LogP contribution < -0.4 is 4.90 Å². The molecular weight excluding hydrogens is 290 g/mol. The van der Waals surface area contributed by atoms with Crippen LogP contribution in [-0.4, -0.2) is 62.6 Å². The lowest BCUT2D eigenvalue weighted by atomic mass is 10.1. The van der Waals surface area contributed by atoms with Gasteiger partial charge < -0.3 is 9.80 Å². The van der Waals surface area contributed by atoms with Crippen LogP contribution in [0.5, 0.6) is 0 Å². The van der Waals surface area contributed by atoms with E-state index >= 15 is 0 Å². The van der Waals surface area contributed by atoms with Gasteiger partial charge in [-0.05, 0) is 38.5 Å². The van der Waals surface area contributed by atoms with Crippen molar-refractivity contribution in [1.29, 1.82) is 0 Å². The number of anilines is 1. The number of aromatic nitrogens is 5. The third-order valence-electron chi connectivity index (χ3n) is 3.73. The molecule has 0 spiro atoms. The summed E-state index contributed by atoms with van der Waals surface area (Å²) in [6.07, 6.45) is 7.42. The summed E-state index contributed by atoms with van der Waals surface area (Å²) in [5.74, 6) is 1.12. The van der Waals surface area contributed by atoms with E-state index in [1.165, 1.54) is 6.42 Å². The fraction of sp³-hybridized carbons (Fsp3) is 0.538. The molecule has 1 fully saturated rings. The normalized spacial score (nSPS) is 19.2. The number of imidazole rings is 1. The highest BCUT2D eigenvalue weighted by molar-refractivity contribution is 6.28. The first kappa shape index (κ1) is 14.2. The monoisotopic (exact) mass is 307 g/mol. The zero-order valence-corrected chi connectivity index (χ0v) is 12.9. The Morgan fingerprint density at radius 3 is 2.76 bits per heavy atom. The maximum absolute atomic E-state index is 6.05. The van der Waals surface area contributed by atoms with Gasteiger partial charge in [0.05, 0.1) is 0 Å². The molecule has 0 bridgehead atoms. The molecule has 0 aromatic carbocycles. The number of nitrogens with zero attached hydrogens (tertiary/aromatic N) is 7. The third-order valence-corrected chi connectivity index (χ3v) is 3.90. The van der Waals surface area contributed by atoms with Gasteiger partial charge in [-0.2, -0.15) is 15.0 Å². The van der Waals surface area contributed by atoms with Crippen LogP contribution in [0.4, 0.5) is 5.95 Å². The van der Waals surface area contributed by atoms with Gasteiger partial charge in [0.25, 0.3) is 0 Å². The lowest BCUT2D eigenvalue weighted by Crippen LogP contribution is -2.45. The number of piperidine rings is 1. The largest absolute Gasteiger partial charge is 0.339 e. The second-order valence-electron chi connectivity index (χ2n) is 5.38. The highest BCUT2D eigenvalue weighted by atomic mass is 35.5. The molecule has 1 aliphatic heterocycles. The Labute approximate surface area is 128 Å². The first-order valence-electron chi connectivity index (χ1n) is 6.95. The van der Waals surface area contributed by atoms with E-state index in [0.29, 0.717) is 17.9 Å². The molecular formula is C13H18ClN7. The van der Waals surface area contributed by atoms with Gasteiger partial charge in [-0.25, -0.2) is 4.98 Å². The van der Waals surface area contributed by atoms with Crippen LogP contribution in [0.1, 0.15) is 12.8 Å². The Kier molecular flexibility index (Phi) is 4.03. The molecule has 7 nitrogen and oxygen atoms in total. The Hall–Kier alpha value is -1.73. The van der Waals surface area contributed by atoms with Gasteiger partial charge in [0.15, 0.2) is 0 Å². The first-order valence-corrected chi connectivity index (χ1v) is 7.32. The van der Waals surface area contributed by atoms with E-state index < -0.39 is 0 Å². The first-order chi connectivity index (χ1) is 10.1. The molecule has 0 aliphatic carbocycles. The molecule has 1 unspecified atom stereocenters. The maximum Gasteiger partial charge on any atom is 0.241 e. The molecule has 1 atom stereocenters. The van der Waals surface area contributed by atoms with Crippen LogP contribution in [0, 0.1) is 0 Å². The summed E-state index contributed by atoms with van der Waals surface area (Å²) in [5, 5.41) is 0.204. The summed E-state index contributed by atoms with van der Waals surface area (Å²) in [7, 11) is 4.21. The molecule has 112 valence electrons. The molecule has 0 radical (unpaired) electrons. The Morgan fingerprint density at radius 2 is 2.05 bits per heavy atom. The average Bonchev–Trinajstić information content (AvgIpc) is 3.01. The van der Waals surface area contributed by atoms with Crippen LogP contribution in [-0.2, 0) is 0 Å². The smallest absolute Gasteiger partial charge is 0.241 e. The number of rotatable bonds is 3. The van der Waals surface area contributed by atoms with Crippen molar-refractivity contribution in [1.82, 2.24) is 29.4 Å². The molecule has 21 heavy (non-hydrogen) atoms. The Balaban J connectivity index is 1.88. The average molecular weight is 308 g/mol. The Morgan fingerprint density at radius 1 is 1.24 bits per heavy atom. The minimum absolute atomic E-state index is 0.204. The molecule has 2 aromatic rings. The topological polar surface area (TPSA) is 63.0 Å². The number of halogens is 1. The van der Waals surface area contributed by atoms with Crippen molar-refractivity contribution < 1.29 is 0 Å². The lowest BCUT2D eigenvalue weighted by molar-refractivity contribution is 0.257. The zero-order chi connectivity index (χ0) is 14.8. The third kappa shape index (κ3) is 3.14. The van der Waals surface area contributed by atoms with Crippen LogP contribution >= 0.6 is 11.6 Å². The molecule has 2 aromatic heterocycles. The fourth-order valence-electron chi connectivity index (χ4n) is 2.52.